The Hall–Kier alpha value is -0.610. The zero-order valence-electron chi connectivity index (χ0n) is 8.12. The first-order chi connectivity index (χ1) is 7.07. The van der Waals surface area contributed by atoms with Crippen LogP contribution in [0.4, 0.5) is 8.78 Å². The summed E-state index contributed by atoms with van der Waals surface area (Å²) < 4.78 is 24.1. The van der Waals surface area contributed by atoms with Gasteiger partial charge in [0.25, 0.3) is 5.76 Å². The van der Waals surface area contributed by atoms with Gasteiger partial charge < -0.3 is 5.11 Å². The Labute approximate surface area is 91.5 Å². The minimum Gasteiger partial charge on any atom is -0.390 e. The second-order valence-electron chi connectivity index (χ2n) is 3.92. The normalized spacial score (nSPS) is 18.1. The van der Waals surface area contributed by atoms with E-state index in [4.69, 9.17) is 0 Å². The van der Waals surface area contributed by atoms with Gasteiger partial charge in [-0.05, 0) is 30.5 Å². The molecule has 1 aliphatic rings. The highest BCUT2D eigenvalue weighted by Crippen LogP contribution is 2.38. The number of aliphatic hydroxyl groups is 1. The zero-order chi connectivity index (χ0) is 10.9. The van der Waals surface area contributed by atoms with Gasteiger partial charge in [-0.1, -0.05) is 23.9 Å². The molecule has 0 aromatic heterocycles. The average Bonchev–Trinajstić information content (AvgIpc) is 2.86. The molecule has 82 valence electrons. The van der Waals surface area contributed by atoms with Crippen molar-refractivity contribution >= 4 is 11.8 Å². The zero-order valence-corrected chi connectivity index (χ0v) is 8.94. The van der Waals surface area contributed by atoms with E-state index in [-0.39, 0.29) is 0 Å². The largest absolute Gasteiger partial charge is 0.390 e. The van der Waals surface area contributed by atoms with E-state index in [1.54, 1.807) is 24.3 Å². The van der Waals surface area contributed by atoms with Crippen molar-refractivity contribution in [3.05, 3.63) is 29.8 Å². The summed E-state index contributed by atoms with van der Waals surface area (Å²) in [5.74, 6) is -2.37. The second kappa shape index (κ2) is 4.10. The van der Waals surface area contributed by atoms with Crippen molar-refractivity contribution in [2.45, 2.75) is 35.5 Å². The van der Waals surface area contributed by atoms with E-state index in [1.807, 2.05) is 0 Å². The van der Waals surface area contributed by atoms with Gasteiger partial charge >= 0.3 is 0 Å². The number of hydrogen-bond donors (Lipinski definition) is 1. The van der Waals surface area contributed by atoms with Crippen LogP contribution in [0.1, 0.15) is 18.4 Å². The Morgan fingerprint density at radius 2 is 1.87 bits per heavy atom. The van der Waals surface area contributed by atoms with Crippen molar-refractivity contribution in [2.75, 3.05) is 0 Å². The highest BCUT2D eigenvalue weighted by Gasteiger charge is 2.39. The van der Waals surface area contributed by atoms with Gasteiger partial charge in [-0.3, -0.25) is 0 Å². The number of halogens is 2. The molecule has 4 heteroatoms. The number of thioether (sulfide) groups is 1. The summed E-state index contributed by atoms with van der Waals surface area (Å²) in [5.41, 5.74) is 0.491. The first-order valence-corrected chi connectivity index (χ1v) is 5.72. The predicted octanol–water partition coefficient (Wildman–Crippen LogP) is 3.07. The molecule has 0 spiro atoms. The molecule has 1 nitrogen and oxygen atoms in total. The molecule has 1 aromatic carbocycles. The molecule has 0 unspecified atom stereocenters. The van der Waals surface area contributed by atoms with Gasteiger partial charge in [-0.2, -0.15) is 8.78 Å². The smallest absolute Gasteiger partial charge is 0.288 e. The lowest BCUT2D eigenvalue weighted by Gasteiger charge is -2.07. The van der Waals surface area contributed by atoms with Crippen LogP contribution in [0.3, 0.4) is 0 Å². The molecule has 1 N–H and O–H groups in total. The van der Waals surface area contributed by atoms with Gasteiger partial charge in [0.05, 0.1) is 5.60 Å². The molecule has 1 saturated carbocycles. The minimum absolute atomic E-state index is 0.516. The molecule has 1 aromatic rings. The van der Waals surface area contributed by atoms with E-state index in [2.05, 4.69) is 0 Å². The highest BCUT2D eigenvalue weighted by atomic mass is 32.2. The second-order valence-corrected chi connectivity index (χ2v) is 4.99. The van der Waals surface area contributed by atoms with Gasteiger partial charge in [0.2, 0.25) is 0 Å². The highest BCUT2D eigenvalue weighted by molar-refractivity contribution is 7.99. The number of benzene rings is 1. The van der Waals surface area contributed by atoms with Crippen LogP contribution < -0.4 is 0 Å². The molecule has 0 bridgehead atoms. The molecular formula is C11H12F2OS. The average molecular weight is 230 g/mol. The maximum Gasteiger partial charge on any atom is 0.288 e. The molecule has 2 rings (SSSR count). The van der Waals surface area contributed by atoms with Gasteiger partial charge in [0.1, 0.15) is 0 Å². The molecular weight excluding hydrogens is 218 g/mol. The van der Waals surface area contributed by atoms with E-state index < -0.39 is 11.4 Å². The predicted molar refractivity (Wildman–Crippen MR) is 56.2 cm³/mol. The molecule has 15 heavy (non-hydrogen) atoms. The topological polar surface area (TPSA) is 20.2 Å². The van der Waals surface area contributed by atoms with Crippen LogP contribution in [-0.4, -0.2) is 16.5 Å². The lowest BCUT2D eigenvalue weighted by Crippen LogP contribution is -2.10. The summed E-state index contributed by atoms with van der Waals surface area (Å²) in [5, 5.41) is 9.67. The lowest BCUT2D eigenvalue weighted by atomic mass is 10.1. The number of alkyl halides is 2. The first kappa shape index (κ1) is 10.9. The van der Waals surface area contributed by atoms with Crippen molar-refractivity contribution in [3.8, 4) is 0 Å². The molecule has 0 radical (unpaired) electrons. The van der Waals surface area contributed by atoms with E-state index in [0.29, 0.717) is 23.1 Å². The summed E-state index contributed by atoms with van der Waals surface area (Å²) >= 11 is 0.545. The third-order valence-electron chi connectivity index (χ3n) is 2.51. The maximum atomic E-state index is 12.0. The Balaban J connectivity index is 1.97. The summed E-state index contributed by atoms with van der Waals surface area (Å²) in [6, 6.07) is 6.97. The van der Waals surface area contributed by atoms with Gasteiger partial charge in [0.15, 0.2) is 0 Å². The third kappa shape index (κ3) is 3.18. The van der Waals surface area contributed by atoms with E-state index >= 15 is 0 Å². The monoisotopic (exact) mass is 230 g/mol. The Morgan fingerprint density at radius 3 is 2.33 bits per heavy atom. The van der Waals surface area contributed by atoms with Gasteiger partial charge in [0, 0.05) is 11.3 Å². The number of rotatable bonds is 4. The fraction of sp³-hybridized carbons (Fsp3) is 0.455. The molecule has 0 amide bonds. The van der Waals surface area contributed by atoms with Crippen LogP contribution in [0.25, 0.3) is 0 Å². The standard InChI is InChI=1S/C11H12F2OS/c12-10(13)15-9-3-1-8(2-4-9)7-11(14)5-6-11/h1-4,10,14H,5-7H2. The van der Waals surface area contributed by atoms with Crippen LogP contribution in [0.15, 0.2) is 29.2 Å². The minimum atomic E-state index is -2.37. The number of hydrogen-bond acceptors (Lipinski definition) is 2. The summed E-state index contributed by atoms with van der Waals surface area (Å²) in [4.78, 5) is 0.566. The van der Waals surface area contributed by atoms with Crippen molar-refractivity contribution in [3.63, 3.8) is 0 Å². The van der Waals surface area contributed by atoms with E-state index in [9.17, 15) is 13.9 Å². The Kier molecular flexibility index (Phi) is 2.98. The molecule has 1 fully saturated rings. The van der Waals surface area contributed by atoms with Crippen molar-refractivity contribution < 1.29 is 13.9 Å². The Bertz CT molecular complexity index is 333. The van der Waals surface area contributed by atoms with Gasteiger partial charge in [-0.15, -0.1) is 0 Å². The van der Waals surface area contributed by atoms with E-state index in [1.165, 1.54) is 0 Å². The SMILES string of the molecule is OC1(Cc2ccc(SC(F)F)cc2)CC1. The molecule has 0 saturated heterocycles. The quantitative estimate of drug-likeness (QED) is 0.802. The van der Waals surface area contributed by atoms with Crippen LogP contribution in [0, 0.1) is 0 Å². The maximum absolute atomic E-state index is 12.0. The van der Waals surface area contributed by atoms with Crippen molar-refractivity contribution in [2.24, 2.45) is 0 Å². The summed E-state index contributed by atoms with van der Waals surface area (Å²) in [6.45, 7) is 0. The van der Waals surface area contributed by atoms with Crippen LogP contribution in [0.5, 0.6) is 0 Å². The van der Waals surface area contributed by atoms with Crippen molar-refractivity contribution in [1.82, 2.24) is 0 Å². The third-order valence-corrected chi connectivity index (χ3v) is 3.23. The van der Waals surface area contributed by atoms with Crippen LogP contribution in [-0.2, 0) is 6.42 Å². The van der Waals surface area contributed by atoms with Crippen molar-refractivity contribution in [1.29, 1.82) is 0 Å². The van der Waals surface area contributed by atoms with Gasteiger partial charge in [-0.25, -0.2) is 0 Å². The molecule has 0 atom stereocenters. The van der Waals surface area contributed by atoms with Crippen LogP contribution >= 0.6 is 11.8 Å². The summed E-state index contributed by atoms with van der Waals surface area (Å²) in [7, 11) is 0. The summed E-state index contributed by atoms with van der Waals surface area (Å²) in [6.07, 6.45) is 2.33. The van der Waals surface area contributed by atoms with Crippen LogP contribution in [0.2, 0.25) is 0 Å². The lowest BCUT2D eigenvalue weighted by molar-refractivity contribution is 0.151. The Morgan fingerprint density at radius 1 is 1.27 bits per heavy atom. The van der Waals surface area contributed by atoms with E-state index in [0.717, 1.165) is 18.4 Å². The molecule has 0 heterocycles. The molecule has 1 aliphatic carbocycles. The fourth-order valence-corrected chi connectivity index (χ4v) is 1.99. The first-order valence-electron chi connectivity index (χ1n) is 4.84. The molecule has 0 aliphatic heterocycles. The fourth-order valence-electron chi connectivity index (χ4n) is 1.49.